The van der Waals surface area contributed by atoms with Gasteiger partial charge in [0.15, 0.2) is 11.5 Å². The second-order valence-electron chi connectivity index (χ2n) is 7.81. The molecule has 0 saturated carbocycles. The SMILES string of the molecule is Cc1nn(CC(=O)Nc2ccn(Cc3c(Cl)cccc3Cl)n2)c2nccc(-c3ccccc3)c12. The predicted octanol–water partition coefficient (Wildman–Crippen LogP) is 5.60. The predicted molar refractivity (Wildman–Crippen MR) is 134 cm³/mol. The lowest BCUT2D eigenvalue weighted by Crippen LogP contribution is -2.20. The topological polar surface area (TPSA) is 77.6 Å². The Labute approximate surface area is 205 Å². The molecule has 2 aromatic carbocycles. The molecular formula is C25H20Cl2N6O. The number of fused-ring (bicyclic) bond motifs is 1. The van der Waals surface area contributed by atoms with Crippen LogP contribution < -0.4 is 5.32 Å². The van der Waals surface area contributed by atoms with Crippen LogP contribution in [0.15, 0.2) is 73.1 Å². The van der Waals surface area contributed by atoms with Crippen molar-refractivity contribution < 1.29 is 4.79 Å². The van der Waals surface area contributed by atoms with Crippen LogP contribution in [0.2, 0.25) is 10.0 Å². The van der Waals surface area contributed by atoms with E-state index in [0.717, 1.165) is 27.8 Å². The summed E-state index contributed by atoms with van der Waals surface area (Å²) in [6.07, 6.45) is 3.50. The van der Waals surface area contributed by atoms with Crippen LogP contribution in [0, 0.1) is 6.92 Å². The van der Waals surface area contributed by atoms with Crippen molar-refractivity contribution in [2.45, 2.75) is 20.0 Å². The number of pyridine rings is 1. The Kier molecular flexibility index (Phi) is 6.04. The fraction of sp³-hybridized carbons (Fsp3) is 0.120. The van der Waals surface area contributed by atoms with E-state index in [4.69, 9.17) is 23.2 Å². The van der Waals surface area contributed by atoms with Gasteiger partial charge in [-0.2, -0.15) is 10.2 Å². The second kappa shape index (κ2) is 9.29. The fourth-order valence-electron chi connectivity index (χ4n) is 3.93. The summed E-state index contributed by atoms with van der Waals surface area (Å²) in [4.78, 5) is 17.3. The molecule has 3 heterocycles. The number of amides is 1. The first kappa shape index (κ1) is 22.1. The van der Waals surface area contributed by atoms with Gasteiger partial charge in [0.1, 0.15) is 6.54 Å². The van der Waals surface area contributed by atoms with Crippen LogP contribution in [0.1, 0.15) is 11.3 Å². The highest BCUT2D eigenvalue weighted by Crippen LogP contribution is 2.29. The van der Waals surface area contributed by atoms with Crippen molar-refractivity contribution in [3.63, 3.8) is 0 Å². The molecule has 0 saturated heterocycles. The highest BCUT2D eigenvalue weighted by Gasteiger charge is 2.16. The molecule has 0 bridgehead atoms. The van der Waals surface area contributed by atoms with Crippen LogP contribution in [-0.4, -0.2) is 30.5 Å². The van der Waals surface area contributed by atoms with E-state index in [9.17, 15) is 4.79 Å². The van der Waals surface area contributed by atoms with Gasteiger partial charge in [0.05, 0.1) is 12.2 Å². The first-order valence-corrected chi connectivity index (χ1v) is 11.4. The van der Waals surface area contributed by atoms with Gasteiger partial charge in [-0.05, 0) is 36.2 Å². The molecule has 1 N–H and O–H groups in total. The third kappa shape index (κ3) is 4.40. The zero-order valence-corrected chi connectivity index (χ0v) is 19.8. The summed E-state index contributed by atoms with van der Waals surface area (Å²) >= 11 is 12.5. The third-order valence-electron chi connectivity index (χ3n) is 5.48. The lowest BCUT2D eigenvalue weighted by Gasteiger charge is -2.07. The van der Waals surface area contributed by atoms with Gasteiger partial charge in [0.25, 0.3) is 0 Å². The van der Waals surface area contributed by atoms with Gasteiger partial charge in [0.2, 0.25) is 5.91 Å². The quantitative estimate of drug-likeness (QED) is 0.336. The van der Waals surface area contributed by atoms with Crippen molar-refractivity contribution >= 4 is 46.0 Å². The molecule has 5 rings (SSSR count). The van der Waals surface area contributed by atoms with Gasteiger partial charge >= 0.3 is 0 Å². The van der Waals surface area contributed by atoms with Gasteiger partial charge in [-0.15, -0.1) is 0 Å². The van der Waals surface area contributed by atoms with E-state index < -0.39 is 0 Å². The van der Waals surface area contributed by atoms with Gasteiger partial charge in [0, 0.05) is 39.5 Å². The minimum atomic E-state index is -0.252. The van der Waals surface area contributed by atoms with Gasteiger partial charge in [-0.25, -0.2) is 9.67 Å². The molecule has 7 nitrogen and oxygen atoms in total. The summed E-state index contributed by atoms with van der Waals surface area (Å²) in [6, 6.07) is 19.1. The van der Waals surface area contributed by atoms with E-state index in [-0.39, 0.29) is 12.5 Å². The summed E-state index contributed by atoms with van der Waals surface area (Å²) in [7, 11) is 0. The summed E-state index contributed by atoms with van der Waals surface area (Å²) in [5, 5.41) is 13.9. The molecule has 5 aromatic rings. The molecule has 0 atom stereocenters. The smallest absolute Gasteiger partial charge is 0.247 e. The normalized spacial score (nSPS) is 11.1. The number of aromatic nitrogens is 5. The Balaban J connectivity index is 1.33. The summed E-state index contributed by atoms with van der Waals surface area (Å²) in [5.41, 5.74) is 4.35. The number of rotatable bonds is 6. The number of hydrogen-bond acceptors (Lipinski definition) is 4. The molecule has 0 aliphatic rings. The minimum absolute atomic E-state index is 0.0127. The molecule has 34 heavy (non-hydrogen) atoms. The number of anilines is 1. The number of hydrogen-bond donors (Lipinski definition) is 1. The third-order valence-corrected chi connectivity index (χ3v) is 6.18. The molecule has 1 amide bonds. The Morgan fingerprint density at radius 3 is 2.50 bits per heavy atom. The molecule has 0 aliphatic heterocycles. The number of aryl methyl sites for hydroxylation is 1. The Morgan fingerprint density at radius 1 is 0.971 bits per heavy atom. The molecule has 3 aromatic heterocycles. The average Bonchev–Trinajstić information content (AvgIpc) is 3.40. The van der Waals surface area contributed by atoms with Crippen LogP contribution in [0.5, 0.6) is 0 Å². The Hall–Kier alpha value is -3.68. The number of halogens is 2. The van der Waals surface area contributed by atoms with Gasteiger partial charge < -0.3 is 5.32 Å². The van der Waals surface area contributed by atoms with Crippen LogP contribution in [0.3, 0.4) is 0 Å². The highest BCUT2D eigenvalue weighted by atomic mass is 35.5. The number of nitrogens with zero attached hydrogens (tertiary/aromatic N) is 5. The molecule has 0 radical (unpaired) electrons. The van der Waals surface area contributed by atoms with Crippen molar-refractivity contribution in [2.24, 2.45) is 0 Å². The van der Waals surface area contributed by atoms with Crippen molar-refractivity contribution in [1.82, 2.24) is 24.5 Å². The van der Waals surface area contributed by atoms with E-state index in [1.54, 1.807) is 46.0 Å². The Morgan fingerprint density at radius 2 is 1.74 bits per heavy atom. The number of carbonyl (C=O) groups is 1. The van der Waals surface area contributed by atoms with Crippen molar-refractivity contribution in [3.05, 3.63) is 94.4 Å². The monoisotopic (exact) mass is 490 g/mol. The van der Waals surface area contributed by atoms with Crippen molar-refractivity contribution in [3.8, 4) is 11.1 Å². The zero-order valence-electron chi connectivity index (χ0n) is 18.2. The molecule has 9 heteroatoms. The van der Waals surface area contributed by atoms with Crippen LogP contribution in [-0.2, 0) is 17.9 Å². The lowest BCUT2D eigenvalue weighted by molar-refractivity contribution is -0.116. The average molecular weight is 491 g/mol. The van der Waals surface area contributed by atoms with Crippen molar-refractivity contribution in [1.29, 1.82) is 0 Å². The Bertz CT molecular complexity index is 1470. The number of carbonyl (C=O) groups excluding carboxylic acids is 1. The second-order valence-corrected chi connectivity index (χ2v) is 8.63. The standard InChI is InChI=1S/C25H20Cl2N6O/c1-16-24-18(17-6-3-2-4-7-17)10-12-28-25(24)33(30-16)15-23(34)29-22-11-13-32(31-22)14-19-20(26)8-5-9-21(19)27/h2-13H,14-15H2,1H3,(H,29,31,34). The van der Waals surface area contributed by atoms with Crippen LogP contribution in [0.4, 0.5) is 5.82 Å². The number of nitrogens with one attached hydrogen (secondary N) is 1. The largest absolute Gasteiger partial charge is 0.308 e. The summed E-state index contributed by atoms with van der Waals surface area (Å²) < 4.78 is 3.29. The van der Waals surface area contributed by atoms with E-state index in [1.165, 1.54) is 0 Å². The fourth-order valence-corrected chi connectivity index (χ4v) is 4.45. The maximum absolute atomic E-state index is 12.8. The highest BCUT2D eigenvalue weighted by molar-refractivity contribution is 6.36. The summed E-state index contributed by atoms with van der Waals surface area (Å²) in [6.45, 7) is 2.33. The van der Waals surface area contributed by atoms with Gasteiger partial charge in [-0.1, -0.05) is 59.6 Å². The van der Waals surface area contributed by atoms with Crippen molar-refractivity contribution in [2.75, 3.05) is 5.32 Å². The maximum atomic E-state index is 12.8. The molecule has 0 fully saturated rings. The molecule has 0 unspecified atom stereocenters. The first-order valence-electron chi connectivity index (χ1n) is 10.6. The maximum Gasteiger partial charge on any atom is 0.247 e. The minimum Gasteiger partial charge on any atom is -0.308 e. The van der Waals surface area contributed by atoms with E-state index >= 15 is 0 Å². The molecule has 0 spiro atoms. The molecule has 170 valence electrons. The molecular weight excluding hydrogens is 471 g/mol. The zero-order chi connectivity index (χ0) is 23.7. The van der Waals surface area contributed by atoms with Crippen LogP contribution in [0.25, 0.3) is 22.2 Å². The molecule has 0 aliphatic carbocycles. The van der Waals surface area contributed by atoms with E-state index in [0.29, 0.717) is 28.1 Å². The van der Waals surface area contributed by atoms with Crippen LogP contribution >= 0.6 is 23.2 Å². The van der Waals surface area contributed by atoms with E-state index in [2.05, 4.69) is 20.5 Å². The summed E-state index contributed by atoms with van der Waals surface area (Å²) in [5.74, 6) is 0.177. The number of benzene rings is 2. The first-order chi connectivity index (χ1) is 16.5. The lowest BCUT2D eigenvalue weighted by atomic mass is 10.0. The van der Waals surface area contributed by atoms with E-state index in [1.807, 2.05) is 43.3 Å². The van der Waals surface area contributed by atoms with Gasteiger partial charge in [-0.3, -0.25) is 9.48 Å².